The van der Waals surface area contributed by atoms with Gasteiger partial charge in [-0.25, -0.2) is 9.18 Å². The van der Waals surface area contributed by atoms with Crippen LogP contribution in [0.15, 0.2) is 18.3 Å². The van der Waals surface area contributed by atoms with Crippen molar-refractivity contribution in [1.82, 2.24) is 15.2 Å². The first-order valence-electron chi connectivity index (χ1n) is 4.88. The minimum atomic E-state index is -0.559. The van der Waals surface area contributed by atoms with Gasteiger partial charge in [0.2, 0.25) is 0 Å². The second-order valence-electron chi connectivity index (χ2n) is 3.50. The Bertz CT molecular complexity index is 566. The molecule has 0 saturated heterocycles. The normalized spacial score (nSPS) is 10.3. The molecule has 2 heterocycles. The van der Waals surface area contributed by atoms with Crippen molar-refractivity contribution in [3.8, 4) is 11.4 Å². The number of carbonyl (C=O) groups is 1. The lowest BCUT2D eigenvalue weighted by Gasteiger charge is -1.98. The van der Waals surface area contributed by atoms with E-state index in [0.29, 0.717) is 0 Å². The average Bonchev–Trinajstić information content (AvgIpc) is 2.77. The Morgan fingerprint density at radius 1 is 1.47 bits per heavy atom. The number of H-pyrrole nitrogens is 1. The van der Waals surface area contributed by atoms with Crippen LogP contribution in [0.2, 0.25) is 0 Å². The van der Waals surface area contributed by atoms with E-state index in [9.17, 15) is 9.18 Å². The van der Waals surface area contributed by atoms with Gasteiger partial charge in [-0.05, 0) is 18.6 Å². The van der Waals surface area contributed by atoms with E-state index in [1.54, 1.807) is 6.92 Å². The number of nitrogens with one attached hydrogen (secondary N) is 1. The van der Waals surface area contributed by atoms with Gasteiger partial charge in [0.15, 0.2) is 5.82 Å². The Hall–Kier alpha value is -2.24. The third-order valence-corrected chi connectivity index (χ3v) is 2.20. The van der Waals surface area contributed by atoms with Crippen molar-refractivity contribution in [3.63, 3.8) is 0 Å². The van der Waals surface area contributed by atoms with Gasteiger partial charge in [0.05, 0.1) is 7.11 Å². The number of halogens is 1. The Labute approximate surface area is 96.6 Å². The molecule has 6 heteroatoms. The molecule has 17 heavy (non-hydrogen) atoms. The summed E-state index contributed by atoms with van der Waals surface area (Å²) in [5.74, 6) is -1.04. The quantitative estimate of drug-likeness (QED) is 0.804. The molecule has 0 aliphatic carbocycles. The molecular formula is C11H10FN3O2. The van der Waals surface area contributed by atoms with E-state index in [4.69, 9.17) is 0 Å². The summed E-state index contributed by atoms with van der Waals surface area (Å²) in [4.78, 5) is 15.1. The number of aromatic amines is 1. The molecular weight excluding hydrogens is 225 g/mol. The molecule has 2 rings (SSSR count). The molecule has 0 fully saturated rings. The van der Waals surface area contributed by atoms with Crippen molar-refractivity contribution in [2.75, 3.05) is 7.11 Å². The summed E-state index contributed by atoms with van der Waals surface area (Å²) < 4.78 is 18.1. The largest absolute Gasteiger partial charge is 0.464 e. The number of carbonyl (C=O) groups excluding carboxylic acids is 1. The van der Waals surface area contributed by atoms with Crippen molar-refractivity contribution in [2.24, 2.45) is 0 Å². The first-order valence-corrected chi connectivity index (χ1v) is 4.88. The fourth-order valence-electron chi connectivity index (χ4n) is 1.38. The van der Waals surface area contributed by atoms with Crippen LogP contribution >= 0.6 is 0 Å². The predicted octanol–water partition coefficient (Wildman–Crippen LogP) is 1.71. The van der Waals surface area contributed by atoms with Crippen molar-refractivity contribution >= 4 is 5.97 Å². The Morgan fingerprint density at radius 2 is 2.24 bits per heavy atom. The number of rotatable bonds is 2. The summed E-state index contributed by atoms with van der Waals surface area (Å²) in [6.07, 6.45) is 1.53. The second kappa shape index (κ2) is 4.32. The lowest BCUT2D eigenvalue weighted by atomic mass is 10.2. The fourth-order valence-corrected chi connectivity index (χ4v) is 1.38. The van der Waals surface area contributed by atoms with Crippen molar-refractivity contribution in [3.05, 3.63) is 35.4 Å². The van der Waals surface area contributed by atoms with Crippen LogP contribution in [0.4, 0.5) is 4.39 Å². The van der Waals surface area contributed by atoms with E-state index < -0.39 is 11.8 Å². The minimum Gasteiger partial charge on any atom is -0.464 e. The number of nitrogens with zero attached hydrogens (tertiary/aromatic N) is 2. The number of aryl methyl sites for hydroxylation is 1. The molecule has 0 bridgehead atoms. The molecule has 0 atom stereocenters. The third kappa shape index (κ3) is 2.15. The van der Waals surface area contributed by atoms with Crippen LogP contribution in [0, 0.1) is 12.7 Å². The highest BCUT2D eigenvalue weighted by Crippen LogP contribution is 2.19. The van der Waals surface area contributed by atoms with Gasteiger partial charge >= 0.3 is 5.97 Å². The summed E-state index contributed by atoms with van der Waals surface area (Å²) in [5.41, 5.74) is 1.24. The molecule has 0 amide bonds. The molecule has 0 aliphatic heterocycles. The SMILES string of the molecule is COC(=O)c1cc(-c2ncc(C)cc2F)n[nH]1. The van der Waals surface area contributed by atoms with E-state index in [2.05, 4.69) is 19.9 Å². The van der Waals surface area contributed by atoms with Gasteiger partial charge in [0, 0.05) is 12.3 Å². The number of methoxy groups -OCH3 is 1. The highest BCUT2D eigenvalue weighted by atomic mass is 19.1. The first-order chi connectivity index (χ1) is 8.11. The summed E-state index contributed by atoms with van der Waals surface area (Å²) in [6.45, 7) is 1.74. The van der Waals surface area contributed by atoms with Crippen LogP contribution in [-0.2, 0) is 4.74 Å². The molecule has 0 saturated carbocycles. The van der Waals surface area contributed by atoms with Gasteiger partial charge in [0.25, 0.3) is 0 Å². The van der Waals surface area contributed by atoms with Gasteiger partial charge in [-0.3, -0.25) is 10.1 Å². The maximum Gasteiger partial charge on any atom is 0.356 e. The number of hydrogen-bond acceptors (Lipinski definition) is 4. The van der Waals surface area contributed by atoms with Crippen LogP contribution in [0.25, 0.3) is 11.4 Å². The zero-order chi connectivity index (χ0) is 12.4. The maximum absolute atomic E-state index is 13.6. The monoisotopic (exact) mass is 235 g/mol. The van der Waals surface area contributed by atoms with Gasteiger partial charge in [0.1, 0.15) is 17.1 Å². The number of pyridine rings is 1. The zero-order valence-corrected chi connectivity index (χ0v) is 9.32. The second-order valence-corrected chi connectivity index (χ2v) is 3.50. The molecule has 0 unspecified atom stereocenters. The van der Waals surface area contributed by atoms with Gasteiger partial charge < -0.3 is 4.74 Å². The first kappa shape index (κ1) is 11.3. The number of aromatic nitrogens is 3. The van der Waals surface area contributed by atoms with Crippen LogP contribution < -0.4 is 0 Å². The predicted molar refractivity (Wildman–Crippen MR) is 57.9 cm³/mol. The summed E-state index contributed by atoms with van der Waals surface area (Å²) in [6, 6.07) is 2.75. The lowest BCUT2D eigenvalue weighted by molar-refractivity contribution is 0.0594. The molecule has 88 valence electrons. The van der Waals surface area contributed by atoms with Crippen molar-refractivity contribution in [2.45, 2.75) is 6.92 Å². The molecule has 1 N–H and O–H groups in total. The standard InChI is InChI=1S/C11H10FN3O2/c1-6-3-7(12)10(13-5-6)8-4-9(15-14-8)11(16)17-2/h3-5H,1-2H3,(H,14,15). The smallest absolute Gasteiger partial charge is 0.356 e. The highest BCUT2D eigenvalue weighted by Gasteiger charge is 2.14. The fraction of sp³-hybridized carbons (Fsp3) is 0.182. The molecule has 2 aromatic rings. The summed E-state index contributed by atoms with van der Waals surface area (Å²) >= 11 is 0. The molecule has 5 nitrogen and oxygen atoms in total. The van der Waals surface area contributed by atoms with Gasteiger partial charge in [-0.15, -0.1) is 0 Å². The zero-order valence-electron chi connectivity index (χ0n) is 9.32. The van der Waals surface area contributed by atoms with E-state index in [1.165, 1.54) is 25.4 Å². The minimum absolute atomic E-state index is 0.0991. The number of esters is 1. The molecule has 2 aromatic heterocycles. The topological polar surface area (TPSA) is 67.9 Å². The van der Waals surface area contributed by atoms with Crippen molar-refractivity contribution in [1.29, 1.82) is 0 Å². The molecule has 0 aliphatic rings. The Balaban J connectivity index is 2.40. The van der Waals surface area contributed by atoms with Gasteiger partial charge in [-0.1, -0.05) is 0 Å². The summed E-state index contributed by atoms with van der Waals surface area (Å²) in [5, 5.41) is 6.28. The molecule has 0 radical (unpaired) electrons. The third-order valence-electron chi connectivity index (χ3n) is 2.20. The van der Waals surface area contributed by atoms with Crippen LogP contribution in [0.5, 0.6) is 0 Å². The average molecular weight is 235 g/mol. The Kier molecular flexibility index (Phi) is 2.86. The number of ether oxygens (including phenoxy) is 1. The van der Waals surface area contributed by atoms with Crippen LogP contribution in [0.1, 0.15) is 16.1 Å². The number of hydrogen-bond donors (Lipinski definition) is 1. The van der Waals surface area contributed by atoms with Gasteiger partial charge in [-0.2, -0.15) is 5.10 Å². The van der Waals surface area contributed by atoms with Crippen LogP contribution in [0.3, 0.4) is 0 Å². The van der Waals surface area contributed by atoms with Crippen molar-refractivity contribution < 1.29 is 13.9 Å². The van der Waals surface area contributed by atoms with Crippen LogP contribution in [-0.4, -0.2) is 28.3 Å². The lowest BCUT2D eigenvalue weighted by Crippen LogP contribution is -2.00. The van der Waals surface area contributed by atoms with E-state index in [-0.39, 0.29) is 17.1 Å². The van der Waals surface area contributed by atoms with E-state index >= 15 is 0 Å². The summed E-state index contributed by atoms with van der Waals surface area (Å²) in [7, 11) is 1.26. The Morgan fingerprint density at radius 3 is 2.88 bits per heavy atom. The molecule has 0 aromatic carbocycles. The van der Waals surface area contributed by atoms with E-state index in [0.717, 1.165) is 5.56 Å². The highest BCUT2D eigenvalue weighted by molar-refractivity contribution is 5.88. The molecule has 0 spiro atoms. The van der Waals surface area contributed by atoms with E-state index in [1.807, 2.05) is 0 Å². The maximum atomic E-state index is 13.6.